The van der Waals surface area contributed by atoms with Gasteiger partial charge in [0.1, 0.15) is 5.82 Å². The molecule has 1 aromatic heterocycles. The highest BCUT2D eigenvalue weighted by atomic mass is 35.5. The van der Waals surface area contributed by atoms with Gasteiger partial charge in [0.2, 0.25) is 15.6 Å². The predicted molar refractivity (Wildman–Crippen MR) is 81.9 cm³/mol. The van der Waals surface area contributed by atoms with E-state index in [1.54, 1.807) is 18.3 Å². The Hall–Kier alpha value is -1.70. The van der Waals surface area contributed by atoms with Crippen LogP contribution < -0.4 is 10.3 Å². The first-order valence-corrected chi connectivity index (χ1v) is 8.36. The minimum Gasteiger partial charge on any atom is -0.315 e. The van der Waals surface area contributed by atoms with Gasteiger partial charge < -0.3 is 4.57 Å². The molecular weight excluding hydrogens is 331 g/mol. The second kappa shape index (κ2) is 7.04. The highest BCUT2D eigenvalue weighted by molar-refractivity contribution is 7.89. The predicted octanol–water partition coefficient (Wildman–Crippen LogP) is 2.01. The monoisotopic (exact) mass is 344 g/mol. The molecule has 0 amide bonds. The molecule has 0 aliphatic rings. The Balaban J connectivity index is 1.94. The number of hydrogen-bond donors (Lipinski definition) is 1. The van der Waals surface area contributed by atoms with E-state index < -0.39 is 15.8 Å². The van der Waals surface area contributed by atoms with E-state index in [1.165, 1.54) is 10.6 Å². The first-order valence-electron chi connectivity index (χ1n) is 6.50. The Morgan fingerprint density at radius 2 is 2.00 bits per heavy atom. The smallest absolute Gasteiger partial charge is 0.250 e. The van der Waals surface area contributed by atoms with Gasteiger partial charge in [-0.15, -0.1) is 0 Å². The van der Waals surface area contributed by atoms with Crippen LogP contribution in [0.3, 0.4) is 0 Å². The van der Waals surface area contributed by atoms with Crippen LogP contribution >= 0.6 is 11.6 Å². The van der Waals surface area contributed by atoms with Crippen molar-refractivity contribution in [1.82, 2.24) is 9.29 Å². The highest BCUT2D eigenvalue weighted by Crippen LogP contribution is 2.19. The van der Waals surface area contributed by atoms with Crippen molar-refractivity contribution in [2.45, 2.75) is 17.9 Å². The van der Waals surface area contributed by atoms with Crippen LogP contribution in [0.5, 0.6) is 0 Å². The van der Waals surface area contributed by atoms with E-state index in [1.807, 2.05) is 0 Å². The minimum absolute atomic E-state index is 0.101. The highest BCUT2D eigenvalue weighted by Gasteiger charge is 2.15. The summed E-state index contributed by atoms with van der Waals surface area (Å²) in [6.07, 6.45) is 2.08. The van der Waals surface area contributed by atoms with Gasteiger partial charge >= 0.3 is 0 Å². The fourth-order valence-corrected chi connectivity index (χ4v) is 3.17. The van der Waals surface area contributed by atoms with Crippen LogP contribution in [-0.4, -0.2) is 19.5 Å². The molecule has 0 saturated carbocycles. The number of hydrogen-bond acceptors (Lipinski definition) is 3. The van der Waals surface area contributed by atoms with Crippen molar-refractivity contribution >= 4 is 21.6 Å². The number of rotatable bonds is 6. The molecule has 2 rings (SSSR count). The van der Waals surface area contributed by atoms with Gasteiger partial charge in [-0.25, -0.2) is 17.5 Å². The fourth-order valence-electron chi connectivity index (χ4n) is 1.83. The quantitative estimate of drug-likeness (QED) is 0.815. The maximum atomic E-state index is 13.0. The fraction of sp³-hybridized carbons (Fsp3) is 0.214. The molecule has 0 unspecified atom stereocenters. The summed E-state index contributed by atoms with van der Waals surface area (Å²) in [7, 11) is -3.75. The number of nitrogens with zero attached hydrogens (tertiary/aromatic N) is 1. The summed E-state index contributed by atoms with van der Waals surface area (Å²) in [5.41, 5.74) is -0.143. The molecule has 0 atom stereocenters. The van der Waals surface area contributed by atoms with E-state index in [9.17, 15) is 17.6 Å². The lowest BCUT2D eigenvalue weighted by Crippen LogP contribution is -2.27. The van der Waals surface area contributed by atoms with Crippen LogP contribution in [0.2, 0.25) is 5.02 Å². The third-order valence-corrected chi connectivity index (χ3v) is 4.72. The lowest BCUT2D eigenvalue weighted by molar-refractivity contribution is 0.566. The summed E-state index contributed by atoms with van der Waals surface area (Å²) < 4.78 is 40.9. The summed E-state index contributed by atoms with van der Waals surface area (Å²) in [6, 6.07) is 8.00. The Morgan fingerprint density at radius 1 is 1.23 bits per heavy atom. The Morgan fingerprint density at radius 3 is 2.68 bits per heavy atom. The molecule has 0 aliphatic heterocycles. The molecule has 0 spiro atoms. The van der Waals surface area contributed by atoms with Crippen molar-refractivity contribution in [3.63, 3.8) is 0 Å². The first-order chi connectivity index (χ1) is 10.4. The molecular formula is C14H14ClFN2O3S. The lowest BCUT2D eigenvalue weighted by atomic mass is 10.3. The van der Waals surface area contributed by atoms with E-state index in [4.69, 9.17) is 11.6 Å². The molecule has 1 heterocycles. The van der Waals surface area contributed by atoms with Crippen LogP contribution in [0.25, 0.3) is 0 Å². The van der Waals surface area contributed by atoms with Crippen molar-refractivity contribution in [3.05, 3.63) is 63.8 Å². The summed E-state index contributed by atoms with van der Waals surface area (Å²) in [5.74, 6) is -0.677. The van der Waals surface area contributed by atoms with Gasteiger partial charge in [0.15, 0.2) is 0 Å². The van der Waals surface area contributed by atoms with Crippen LogP contribution in [0.1, 0.15) is 6.42 Å². The Bertz CT molecular complexity index is 821. The van der Waals surface area contributed by atoms with Crippen molar-refractivity contribution < 1.29 is 12.8 Å². The second-order valence-corrected chi connectivity index (χ2v) is 6.73. The van der Waals surface area contributed by atoms with E-state index in [0.717, 1.165) is 18.2 Å². The number of aryl methyl sites for hydroxylation is 1. The molecule has 0 radical (unpaired) electrons. The van der Waals surface area contributed by atoms with E-state index >= 15 is 0 Å². The third-order valence-electron chi connectivity index (χ3n) is 2.97. The summed E-state index contributed by atoms with van der Waals surface area (Å²) in [5, 5.41) is -0.251. The largest absolute Gasteiger partial charge is 0.315 e. The van der Waals surface area contributed by atoms with Crippen molar-refractivity contribution in [2.24, 2.45) is 0 Å². The Kier molecular flexibility index (Phi) is 5.33. The second-order valence-electron chi connectivity index (χ2n) is 4.56. The molecule has 2 aromatic rings. The van der Waals surface area contributed by atoms with Crippen molar-refractivity contribution in [2.75, 3.05) is 6.54 Å². The zero-order valence-corrected chi connectivity index (χ0v) is 13.1. The number of pyridine rings is 1. The van der Waals surface area contributed by atoms with Gasteiger partial charge in [0.25, 0.3) is 0 Å². The van der Waals surface area contributed by atoms with Gasteiger partial charge in [0.05, 0.1) is 9.92 Å². The van der Waals surface area contributed by atoms with Crippen LogP contribution in [0, 0.1) is 5.82 Å². The first kappa shape index (κ1) is 16.7. The van der Waals surface area contributed by atoms with Gasteiger partial charge in [-0.1, -0.05) is 17.7 Å². The van der Waals surface area contributed by atoms with Gasteiger partial charge in [0, 0.05) is 25.4 Å². The maximum Gasteiger partial charge on any atom is 0.250 e. The van der Waals surface area contributed by atoms with E-state index in [2.05, 4.69) is 4.72 Å². The average Bonchev–Trinajstić information content (AvgIpc) is 2.48. The number of benzene rings is 1. The molecule has 22 heavy (non-hydrogen) atoms. The number of aromatic nitrogens is 1. The zero-order valence-electron chi connectivity index (χ0n) is 11.5. The molecule has 0 fully saturated rings. The SMILES string of the molecule is O=c1ccccn1CCCNS(=O)(=O)c1ccc(F)c(Cl)c1. The molecule has 8 heteroatoms. The molecule has 0 bridgehead atoms. The molecule has 0 saturated heterocycles. The molecule has 0 aliphatic carbocycles. The van der Waals surface area contributed by atoms with E-state index in [-0.39, 0.29) is 22.0 Å². The Labute approximate surface area is 132 Å². The molecule has 118 valence electrons. The molecule has 1 N–H and O–H groups in total. The summed E-state index contributed by atoms with van der Waals surface area (Å²) in [6.45, 7) is 0.547. The van der Waals surface area contributed by atoms with Crippen molar-refractivity contribution in [1.29, 1.82) is 0 Å². The number of sulfonamides is 1. The maximum absolute atomic E-state index is 13.0. The van der Waals surface area contributed by atoms with E-state index in [0.29, 0.717) is 13.0 Å². The van der Waals surface area contributed by atoms with Crippen LogP contribution in [-0.2, 0) is 16.6 Å². The minimum atomic E-state index is -3.75. The van der Waals surface area contributed by atoms with Crippen molar-refractivity contribution in [3.8, 4) is 0 Å². The molecule has 5 nitrogen and oxygen atoms in total. The number of nitrogens with one attached hydrogen (secondary N) is 1. The number of halogens is 2. The lowest BCUT2D eigenvalue weighted by Gasteiger charge is -2.08. The van der Waals surface area contributed by atoms with Crippen LogP contribution in [0.4, 0.5) is 4.39 Å². The third kappa shape index (κ3) is 4.16. The summed E-state index contributed by atoms with van der Waals surface area (Å²) >= 11 is 5.57. The van der Waals surface area contributed by atoms with Gasteiger partial charge in [-0.2, -0.15) is 0 Å². The van der Waals surface area contributed by atoms with Crippen LogP contribution in [0.15, 0.2) is 52.3 Å². The van der Waals surface area contributed by atoms with Gasteiger partial charge in [-0.3, -0.25) is 4.79 Å². The molecule has 1 aromatic carbocycles. The zero-order chi connectivity index (χ0) is 16.2. The van der Waals surface area contributed by atoms with Gasteiger partial charge in [-0.05, 0) is 30.7 Å². The standard InChI is InChI=1S/C14H14ClFN2O3S/c15-12-10-11(5-6-13(12)16)22(20,21)17-7-3-9-18-8-2-1-4-14(18)19/h1-2,4-6,8,10,17H,3,7,9H2. The normalized spacial score (nSPS) is 11.5. The topological polar surface area (TPSA) is 68.2 Å². The summed E-state index contributed by atoms with van der Waals surface area (Å²) in [4.78, 5) is 11.4. The average molecular weight is 345 g/mol.